The Morgan fingerprint density at radius 1 is 1.17 bits per heavy atom. The molecule has 9 nitrogen and oxygen atoms in total. The molecule has 0 aliphatic carbocycles. The molecule has 0 aromatic carbocycles. The number of rotatable bonds is 1. The van der Waals surface area contributed by atoms with E-state index in [2.05, 4.69) is 20.3 Å². The normalized spacial score (nSPS) is 15.7. The van der Waals surface area contributed by atoms with Gasteiger partial charge in [0.2, 0.25) is 0 Å². The largest absolute Gasteiger partial charge is 0.344 e. The summed E-state index contributed by atoms with van der Waals surface area (Å²) in [7, 11) is 0. The molecule has 98 valence electrons. The molecular weight excluding hydrogens is 238 g/mol. The number of H-pyrrole nitrogens is 2. The summed E-state index contributed by atoms with van der Waals surface area (Å²) in [5.41, 5.74) is -0.277. The van der Waals surface area contributed by atoms with Crippen LogP contribution in [0.3, 0.4) is 0 Å². The molecule has 3 heterocycles. The number of hydrogen-bond donors (Lipinski definition) is 4. The maximum Gasteiger partial charge on any atom is 0.327 e. The van der Waals surface area contributed by atoms with Gasteiger partial charge in [-0.1, -0.05) is 0 Å². The molecule has 0 bridgehead atoms. The van der Waals surface area contributed by atoms with Crippen molar-refractivity contribution in [2.45, 2.75) is 0 Å². The van der Waals surface area contributed by atoms with E-state index in [1.54, 1.807) is 11.0 Å². The quantitative estimate of drug-likeness (QED) is 0.470. The lowest BCUT2D eigenvalue weighted by molar-refractivity contribution is 0.496. The van der Waals surface area contributed by atoms with Crippen LogP contribution in [0.5, 0.6) is 0 Å². The third-order valence-electron chi connectivity index (χ3n) is 2.82. The number of nitrogens with zero attached hydrogens (tertiary/aromatic N) is 3. The van der Waals surface area contributed by atoms with Crippen molar-refractivity contribution < 1.29 is 0 Å². The first-order valence-electron chi connectivity index (χ1n) is 5.41. The molecule has 0 radical (unpaired) electrons. The molecule has 2 aromatic heterocycles. The van der Waals surface area contributed by atoms with Gasteiger partial charge in [-0.15, -0.1) is 0 Å². The van der Waals surface area contributed by atoms with Crippen molar-refractivity contribution >= 4 is 11.2 Å². The number of fused-ring (bicyclic) bond motifs is 1. The Kier molecular flexibility index (Phi) is 3.17. The molecule has 1 fully saturated rings. The highest BCUT2D eigenvalue weighted by Gasteiger charge is 2.15. The Morgan fingerprint density at radius 2 is 1.89 bits per heavy atom. The maximum atomic E-state index is 11.5. The summed E-state index contributed by atoms with van der Waals surface area (Å²) in [5.74, 6) is 0. The fourth-order valence-corrected chi connectivity index (χ4v) is 2.01. The third-order valence-corrected chi connectivity index (χ3v) is 2.82. The summed E-state index contributed by atoms with van der Waals surface area (Å²) in [5, 5.41) is 5.26. The van der Waals surface area contributed by atoms with Crippen LogP contribution in [0.2, 0.25) is 0 Å². The summed E-state index contributed by atoms with van der Waals surface area (Å²) in [6.07, 6.45) is 1.56. The second kappa shape index (κ2) is 4.63. The van der Waals surface area contributed by atoms with Crippen molar-refractivity contribution in [1.29, 1.82) is 0 Å². The molecule has 0 saturated carbocycles. The van der Waals surface area contributed by atoms with Crippen LogP contribution >= 0.6 is 0 Å². The zero-order valence-electron chi connectivity index (χ0n) is 9.77. The molecule has 0 atom stereocenters. The van der Waals surface area contributed by atoms with Crippen LogP contribution in [-0.4, -0.2) is 45.8 Å². The molecule has 0 unspecified atom stereocenters. The molecule has 6 N–H and O–H groups in total. The summed E-state index contributed by atoms with van der Waals surface area (Å²) in [4.78, 5) is 31.5. The lowest BCUT2D eigenvalue weighted by Gasteiger charge is -2.29. The molecule has 1 aliphatic rings. The Morgan fingerprint density at radius 3 is 2.61 bits per heavy atom. The van der Waals surface area contributed by atoms with Gasteiger partial charge in [0.1, 0.15) is 6.33 Å². The third kappa shape index (κ3) is 1.89. The van der Waals surface area contributed by atoms with Gasteiger partial charge in [0, 0.05) is 26.2 Å². The zero-order chi connectivity index (χ0) is 11.8. The highest BCUT2D eigenvalue weighted by Crippen LogP contribution is 2.04. The monoisotopic (exact) mass is 253 g/mol. The average molecular weight is 253 g/mol. The number of aromatic nitrogens is 4. The molecule has 9 heteroatoms. The molecule has 0 amide bonds. The van der Waals surface area contributed by atoms with Gasteiger partial charge in [0.15, 0.2) is 11.2 Å². The smallest absolute Gasteiger partial charge is 0.327 e. The molecule has 3 rings (SSSR count). The highest BCUT2D eigenvalue weighted by molar-refractivity contribution is 5.69. The van der Waals surface area contributed by atoms with Gasteiger partial charge >= 0.3 is 5.69 Å². The van der Waals surface area contributed by atoms with Crippen LogP contribution in [0, 0.1) is 0 Å². The van der Waals surface area contributed by atoms with E-state index in [1.165, 1.54) is 0 Å². The number of nitrogens with one attached hydrogen (secondary N) is 3. The molecule has 1 saturated heterocycles. The van der Waals surface area contributed by atoms with Crippen molar-refractivity contribution in [3.63, 3.8) is 0 Å². The predicted octanol–water partition coefficient (Wildman–Crippen LogP) is -1.88. The van der Waals surface area contributed by atoms with Gasteiger partial charge in [-0.3, -0.25) is 14.8 Å². The summed E-state index contributed by atoms with van der Waals surface area (Å²) in [6.45, 7) is 3.35. The number of piperazine rings is 1. The minimum Gasteiger partial charge on any atom is -0.344 e. The van der Waals surface area contributed by atoms with Crippen LogP contribution in [-0.2, 0) is 0 Å². The van der Waals surface area contributed by atoms with Gasteiger partial charge in [0.05, 0.1) is 0 Å². The van der Waals surface area contributed by atoms with Crippen LogP contribution in [0.4, 0.5) is 0 Å². The Bertz CT molecular complexity index is 649. The van der Waals surface area contributed by atoms with E-state index in [9.17, 15) is 9.59 Å². The first kappa shape index (κ1) is 12.3. The number of aromatic amines is 2. The SMILES string of the molecule is N.O=c1[nH]c(=O)c2ncn(N3CCNCC3)c2[nH]1. The van der Waals surface area contributed by atoms with E-state index >= 15 is 0 Å². The number of hydrogen-bond acceptors (Lipinski definition) is 6. The summed E-state index contributed by atoms with van der Waals surface area (Å²) >= 11 is 0. The van der Waals surface area contributed by atoms with Crippen molar-refractivity contribution in [2.24, 2.45) is 0 Å². The highest BCUT2D eigenvalue weighted by atomic mass is 16.2. The fraction of sp³-hybridized carbons (Fsp3) is 0.444. The Balaban J connectivity index is 0.00000120. The van der Waals surface area contributed by atoms with Gasteiger partial charge in [-0.05, 0) is 0 Å². The van der Waals surface area contributed by atoms with E-state index in [1.807, 2.05) is 5.01 Å². The first-order chi connectivity index (χ1) is 8.25. The topological polar surface area (TPSA) is 134 Å². The van der Waals surface area contributed by atoms with Crippen LogP contribution in [0.25, 0.3) is 11.2 Å². The Hall–Kier alpha value is -2.13. The van der Waals surface area contributed by atoms with E-state index in [0.29, 0.717) is 5.65 Å². The lowest BCUT2D eigenvalue weighted by Crippen LogP contribution is -2.49. The van der Waals surface area contributed by atoms with Crippen LogP contribution in [0.15, 0.2) is 15.9 Å². The molecular formula is C9H15N7O2. The van der Waals surface area contributed by atoms with E-state index in [-0.39, 0.29) is 11.7 Å². The minimum absolute atomic E-state index is 0. The van der Waals surface area contributed by atoms with Gasteiger partial charge in [-0.25, -0.2) is 14.5 Å². The second-order valence-electron chi connectivity index (χ2n) is 3.90. The standard InChI is InChI=1S/C9H12N6O2.H3N/c16-8-6-7(12-9(17)13-8)15(5-11-6)14-3-1-10-2-4-14;/h5,10H,1-4H2,(H2,12,13,16,17);1H3. The molecule has 0 spiro atoms. The van der Waals surface area contributed by atoms with E-state index in [0.717, 1.165) is 26.2 Å². The first-order valence-corrected chi connectivity index (χ1v) is 5.41. The van der Waals surface area contributed by atoms with Crippen molar-refractivity contribution in [3.05, 3.63) is 27.2 Å². The minimum atomic E-state index is -0.514. The fourth-order valence-electron chi connectivity index (χ4n) is 2.01. The lowest BCUT2D eigenvalue weighted by atomic mass is 10.4. The van der Waals surface area contributed by atoms with Crippen molar-refractivity contribution in [1.82, 2.24) is 31.1 Å². The predicted molar refractivity (Wildman–Crippen MR) is 66.8 cm³/mol. The van der Waals surface area contributed by atoms with E-state index < -0.39 is 11.2 Å². The van der Waals surface area contributed by atoms with Crippen LogP contribution in [0.1, 0.15) is 0 Å². The van der Waals surface area contributed by atoms with Gasteiger partial charge in [0.25, 0.3) is 5.56 Å². The van der Waals surface area contributed by atoms with Crippen molar-refractivity contribution in [3.8, 4) is 0 Å². The molecule has 18 heavy (non-hydrogen) atoms. The number of imidazole rings is 1. The zero-order valence-corrected chi connectivity index (χ0v) is 9.77. The molecule has 2 aromatic rings. The molecule has 1 aliphatic heterocycles. The van der Waals surface area contributed by atoms with E-state index in [4.69, 9.17) is 0 Å². The second-order valence-corrected chi connectivity index (χ2v) is 3.90. The summed E-state index contributed by atoms with van der Waals surface area (Å²) in [6, 6.07) is 0. The Labute approximate surface area is 101 Å². The van der Waals surface area contributed by atoms with Crippen LogP contribution < -0.4 is 27.7 Å². The average Bonchev–Trinajstić information content (AvgIpc) is 2.74. The maximum absolute atomic E-state index is 11.5. The van der Waals surface area contributed by atoms with Crippen molar-refractivity contribution in [2.75, 3.05) is 31.2 Å². The summed E-state index contributed by atoms with van der Waals surface area (Å²) < 4.78 is 1.73. The van der Waals surface area contributed by atoms with Gasteiger partial charge in [-0.2, -0.15) is 0 Å². The van der Waals surface area contributed by atoms with Gasteiger partial charge < -0.3 is 16.5 Å².